The molecule has 0 spiro atoms. The number of hydrogen-bond donors (Lipinski definition) is 0. The smallest absolute Gasteiger partial charge is 0.292 e. The van der Waals surface area contributed by atoms with Crippen LogP contribution in [0.5, 0.6) is 0 Å². The van der Waals surface area contributed by atoms with Gasteiger partial charge < -0.3 is 4.90 Å². The van der Waals surface area contributed by atoms with Gasteiger partial charge in [0.15, 0.2) is 0 Å². The standard InChI is InChI=1S/C17H18N2O3/c1-2-17(20)18(13-12-14-8-4-3-5-9-14)15-10-6-7-11-16(15)19(21)22/h3-11H,2,12-13H2,1H3. The first-order valence-corrected chi connectivity index (χ1v) is 7.21. The van der Waals surface area contributed by atoms with Gasteiger partial charge in [0.05, 0.1) is 4.92 Å². The van der Waals surface area contributed by atoms with E-state index in [1.165, 1.54) is 11.0 Å². The molecule has 1 amide bonds. The molecule has 22 heavy (non-hydrogen) atoms. The fourth-order valence-electron chi connectivity index (χ4n) is 2.30. The molecule has 0 saturated heterocycles. The van der Waals surface area contributed by atoms with E-state index in [1.54, 1.807) is 25.1 Å². The molecule has 0 bridgehead atoms. The van der Waals surface area contributed by atoms with Gasteiger partial charge in [-0.1, -0.05) is 49.4 Å². The third kappa shape index (κ3) is 3.69. The monoisotopic (exact) mass is 298 g/mol. The van der Waals surface area contributed by atoms with E-state index in [2.05, 4.69) is 0 Å². The van der Waals surface area contributed by atoms with E-state index in [0.717, 1.165) is 5.56 Å². The van der Waals surface area contributed by atoms with Crippen molar-refractivity contribution < 1.29 is 9.72 Å². The minimum absolute atomic E-state index is 0.0441. The molecule has 0 radical (unpaired) electrons. The van der Waals surface area contributed by atoms with Crippen molar-refractivity contribution in [3.8, 4) is 0 Å². The highest BCUT2D eigenvalue weighted by atomic mass is 16.6. The van der Waals surface area contributed by atoms with Crippen LogP contribution >= 0.6 is 0 Å². The van der Waals surface area contributed by atoms with Crippen molar-refractivity contribution in [2.75, 3.05) is 11.4 Å². The second-order valence-electron chi connectivity index (χ2n) is 4.88. The quantitative estimate of drug-likeness (QED) is 0.605. The minimum Gasteiger partial charge on any atom is -0.306 e. The van der Waals surface area contributed by atoms with E-state index in [-0.39, 0.29) is 11.6 Å². The zero-order valence-electron chi connectivity index (χ0n) is 12.4. The number of amides is 1. The summed E-state index contributed by atoms with van der Waals surface area (Å²) in [5.74, 6) is -0.120. The summed E-state index contributed by atoms with van der Waals surface area (Å²) in [6.45, 7) is 2.17. The molecule has 0 aliphatic rings. The number of anilines is 1. The molecule has 0 unspecified atom stereocenters. The zero-order valence-corrected chi connectivity index (χ0v) is 12.4. The van der Waals surface area contributed by atoms with Gasteiger partial charge in [-0.25, -0.2) is 0 Å². The lowest BCUT2D eigenvalue weighted by molar-refractivity contribution is -0.384. The van der Waals surface area contributed by atoms with Gasteiger partial charge in [-0.3, -0.25) is 14.9 Å². The van der Waals surface area contributed by atoms with Crippen LogP contribution in [0.15, 0.2) is 54.6 Å². The number of benzene rings is 2. The van der Waals surface area contributed by atoms with Crippen LogP contribution in [0.1, 0.15) is 18.9 Å². The first-order valence-electron chi connectivity index (χ1n) is 7.21. The summed E-state index contributed by atoms with van der Waals surface area (Å²) >= 11 is 0. The molecule has 0 aliphatic carbocycles. The van der Waals surface area contributed by atoms with Gasteiger partial charge in [-0.15, -0.1) is 0 Å². The average Bonchev–Trinajstić information content (AvgIpc) is 2.56. The molecule has 5 nitrogen and oxygen atoms in total. The normalized spacial score (nSPS) is 10.2. The Morgan fingerprint density at radius 1 is 1.09 bits per heavy atom. The molecule has 0 heterocycles. The molecule has 0 atom stereocenters. The van der Waals surface area contributed by atoms with Crippen LogP contribution in [0, 0.1) is 10.1 Å². The highest BCUT2D eigenvalue weighted by Crippen LogP contribution is 2.28. The predicted molar refractivity (Wildman–Crippen MR) is 85.9 cm³/mol. The van der Waals surface area contributed by atoms with E-state index in [1.807, 2.05) is 30.3 Å². The van der Waals surface area contributed by atoms with E-state index >= 15 is 0 Å². The molecule has 0 aromatic heterocycles. The topological polar surface area (TPSA) is 63.5 Å². The summed E-state index contributed by atoms with van der Waals surface area (Å²) in [6.07, 6.45) is 0.958. The summed E-state index contributed by atoms with van der Waals surface area (Å²) in [4.78, 5) is 24.4. The fraction of sp³-hybridized carbons (Fsp3) is 0.235. The number of nitro groups is 1. The number of carbonyl (C=O) groups excluding carboxylic acids is 1. The highest BCUT2D eigenvalue weighted by Gasteiger charge is 2.22. The number of para-hydroxylation sites is 2. The van der Waals surface area contributed by atoms with Gasteiger partial charge in [-0.05, 0) is 18.1 Å². The molecule has 2 aromatic carbocycles. The minimum atomic E-state index is -0.451. The molecule has 0 aliphatic heterocycles. The van der Waals surface area contributed by atoms with Crippen LogP contribution in [-0.2, 0) is 11.2 Å². The van der Waals surface area contributed by atoms with Crippen LogP contribution in [0.25, 0.3) is 0 Å². The Morgan fingerprint density at radius 2 is 1.73 bits per heavy atom. The average molecular weight is 298 g/mol. The molecule has 114 valence electrons. The number of nitro benzene ring substituents is 1. The van der Waals surface area contributed by atoms with E-state index in [4.69, 9.17) is 0 Å². The molecule has 0 saturated carbocycles. The lowest BCUT2D eigenvalue weighted by Gasteiger charge is -2.22. The van der Waals surface area contributed by atoms with Crippen molar-refractivity contribution in [1.29, 1.82) is 0 Å². The molecule has 2 rings (SSSR count). The van der Waals surface area contributed by atoms with Gasteiger partial charge in [0.2, 0.25) is 5.91 Å². The Morgan fingerprint density at radius 3 is 2.36 bits per heavy atom. The number of hydrogen-bond acceptors (Lipinski definition) is 3. The fourth-order valence-corrected chi connectivity index (χ4v) is 2.30. The first kappa shape index (κ1) is 15.7. The summed E-state index contributed by atoms with van der Waals surface area (Å²) in [5.41, 5.74) is 1.41. The zero-order chi connectivity index (χ0) is 15.9. The molecular weight excluding hydrogens is 280 g/mol. The second kappa shape index (κ2) is 7.36. The second-order valence-corrected chi connectivity index (χ2v) is 4.88. The number of nitrogens with zero attached hydrogens (tertiary/aromatic N) is 2. The Balaban J connectivity index is 2.27. The van der Waals surface area contributed by atoms with Crippen molar-refractivity contribution in [1.82, 2.24) is 0 Å². The number of carbonyl (C=O) groups is 1. The Kier molecular flexibility index (Phi) is 5.25. The first-order chi connectivity index (χ1) is 10.6. The molecule has 5 heteroatoms. The van der Waals surface area contributed by atoms with Gasteiger partial charge in [0.25, 0.3) is 5.69 Å². The van der Waals surface area contributed by atoms with Crippen LogP contribution in [0.4, 0.5) is 11.4 Å². The van der Waals surface area contributed by atoms with Gasteiger partial charge in [0, 0.05) is 19.0 Å². The third-order valence-electron chi connectivity index (χ3n) is 3.44. The van der Waals surface area contributed by atoms with Crippen LogP contribution in [0.3, 0.4) is 0 Å². The maximum absolute atomic E-state index is 12.2. The molecule has 0 N–H and O–H groups in total. The maximum Gasteiger partial charge on any atom is 0.292 e. The highest BCUT2D eigenvalue weighted by molar-refractivity contribution is 5.95. The maximum atomic E-state index is 12.2. The van der Waals surface area contributed by atoms with Crippen molar-refractivity contribution in [2.24, 2.45) is 0 Å². The third-order valence-corrected chi connectivity index (χ3v) is 3.44. The largest absolute Gasteiger partial charge is 0.306 e. The van der Waals surface area contributed by atoms with Crippen molar-refractivity contribution >= 4 is 17.3 Å². The van der Waals surface area contributed by atoms with E-state index in [0.29, 0.717) is 25.1 Å². The van der Waals surface area contributed by atoms with Crippen LogP contribution in [-0.4, -0.2) is 17.4 Å². The van der Waals surface area contributed by atoms with E-state index in [9.17, 15) is 14.9 Å². The summed E-state index contributed by atoms with van der Waals surface area (Å²) < 4.78 is 0. The van der Waals surface area contributed by atoms with Crippen molar-refractivity contribution in [2.45, 2.75) is 19.8 Å². The lowest BCUT2D eigenvalue weighted by Crippen LogP contribution is -2.32. The van der Waals surface area contributed by atoms with Crippen LogP contribution < -0.4 is 4.90 Å². The van der Waals surface area contributed by atoms with Gasteiger partial charge in [-0.2, -0.15) is 0 Å². The Hall–Kier alpha value is -2.69. The molecular formula is C17H18N2O3. The predicted octanol–water partition coefficient (Wildman–Crippen LogP) is 3.58. The van der Waals surface area contributed by atoms with Crippen molar-refractivity contribution in [3.63, 3.8) is 0 Å². The van der Waals surface area contributed by atoms with Crippen molar-refractivity contribution in [3.05, 3.63) is 70.3 Å². The number of rotatable bonds is 6. The van der Waals surface area contributed by atoms with Crippen LogP contribution in [0.2, 0.25) is 0 Å². The lowest BCUT2D eigenvalue weighted by atomic mass is 10.1. The van der Waals surface area contributed by atoms with Gasteiger partial charge >= 0.3 is 0 Å². The van der Waals surface area contributed by atoms with Gasteiger partial charge in [0.1, 0.15) is 5.69 Å². The summed E-state index contributed by atoms with van der Waals surface area (Å²) in [5, 5.41) is 11.2. The summed E-state index contributed by atoms with van der Waals surface area (Å²) in [6, 6.07) is 16.1. The van der Waals surface area contributed by atoms with E-state index < -0.39 is 4.92 Å². The molecule has 0 fully saturated rings. The summed E-state index contributed by atoms with van der Waals surface area (Å²) in [7, 11) is 0. The molecule has 2 aromatic rings. The SMILES string of the molecule is CCC(=O)N(CCc1ccccc1)c1ccccc1[N+](=O)[O-]. The Bertz CT molecular complexity index is 656. The Labute approximate surface area is 129 Å².